The lowest BCUT2D eigenvalue weighted by Crippen LogP contribution is -2.17. The lowest BCUT2D eigenvalue weighted by atomic mass is 10.2. The van der Waals surface area contributed by atoms with E-state index >= 15 is 0 Å². The third-order valence-corrected chi connectivity index (χ3v) is 4.16. The van der Waals surface area contributed by atoms with E-state index < -0.39 is 4.92 Å². The highest BCUT2D eigenvalue weighted by molar-refractivity contribution is 6.30. The molecule has 1 N–H and O–H groups in total. The lowest BCUT2D eigenvalue weighted by molar-refractivity contribution is -0.384. The van der Waals surface area contributed by atoms with Gasteiger partial charge in [-0.15, -0.1) is 0 Å². The number of nitro groups is 1. The molecule has 0 bridgehead atoms. The van der Waals surface area contributed by atoms with Crippen molar-refractivity contribution >= 4 is 29.2 Å². The number of aromatic nitrogens is 2. The van der Waals surface area contributed by atoms with Gasteiger partial charge in [0.05, 0.1) is 29.4 Å². The maximum absolute atomic E-state index is 12.7. The molecule has 0 atom stereocenters. The zero-order valence-electron chi connectivity index (χ0n) is 14.5. The van der Waals surface area contributed by atoms with E-state index in [9.17, 15) is 14.9 Å². The molecule has 0 unspecified atom stereocenters. The van der Waals surface area contributed by atoms with Crippen molar-refractivity contribution in [1.29, 1.82) is 0 Å². The van der Waals surface area contributed by atoms with Crippen LogP contribution in [-0.2, 0) is 0 Å². The molecule has 1 heterocycles. The van der Waals surface area contributed by atoms with Crippen LogP contribution in [0.25, 0.3) is 5.69 Å². The second kappa shape index (κ2) is 7.46. The van der Waals surface area contributed by atoms with Gasteiger partial charge in [0.1, 0.15) is 5.69 Å². The Morgan fingerprint density at radius 3 is 2.59 bits per heavy atom. The first kappa shape index (κ1) is 18.4. The first-order valence-electron chi connectivity index (χ1n) is 7.84. The fourth-order valence-corrected chi connectivity index (χ4v) is 2.63. The number of benzene rings is 2. The first-order valence-corrected chi connectivity index (χ1v) is 8.22. The summed E-state index contributed by atoms with van der Waals surface area (Å²) in [4.78, 5) is 27.3. The van der Waals surface area contributed by atoms with Gasteiger partial charge >= 0.3 is 0 Å². The van der Waals surface area contributed by atoms with Gasteiger partial charge in [-0.3, -0.25) is 25.0 Å². The summed E-state index contributed by atoms with van der Waals surface area (Å²) in [5.74, 6) is 0.242. The summed E-state index contributed by atoms with van der Waals surface area (Å²) in [5.41, 5.74) is 1.62. The molecule has 0 aliphatic rings. The SMILES string of the molecule is COc1cc([N+](=O)[O-])ccc1N=Cc1c(C)[nH]n(-c2ccc(Cl)cc2)c1=O. The predicted molar refractivity (Wildman–Crippen MR) is 103 cm³/mol. The second-order valence-corrected chi connectivity index (χ2v) is 6.08. The first-order chi connectivity index (χ1) is 12.9. The summed E-state index contributed by atoms with van der Waals surface area (Å²) < 4.78 is 6.54. The van der Waals surface area contributed by atoms with Gasteiger partial charge in [-0.1, -0.05) is 11.6 Å². The maximum atomic E-state index is 12.7. The van der Waals surface area contributed by atoms with Crippen LogP contribution >= 0.6 is 11.6 Å². The van der Waals surface area contributed by atoms with Crippen molar-refractivity contribution in [3.8, 4) is 11.4 Å². The molecule has 0 saturated heterocycles. The quantitative estimate of drug-likeness (QED) is 0.409. The minimum Gasteiger partial charge on any atom is -0.494 e. The summed E-state index contributed by atoms with van der Waals surface area (Å²) in [6.45, 7) is 1.75. The molecule has 0 aliphatic heterocycles. The van der Waals surface area contributed by atoms with Crippen LogP contribution in [0.4, 0.5) is 11.4 Å². The molecule has 2 aromatic carbocycles. The Bertz CT molecular complexity index is 1080. The molecular weight excluding hydrogens is 372 g/mol. The summed E-state index contributed by atoms with van der Waals surface area (Å²) in [6.07, 6.45) is 1.41. The van der Waals surface area contributed by atoms with Crippen LogP contribution < -0.4 is 10.3 Å². The fraction of sp³-hybridized carbons (Fsp3) is 0.111. The summed E-state index contributed by atoms with van der Waals surface area (Å²) >= 11 is 5.88. The number of methoxy groups -OCH3 is 1. The maximum Gasteiger partial charge on any atom is 0.280 e. The zero-order chi connectivity index (χ0) is 19.6. The molecule has 3 aromatic rings. The standard InChI is InChI=1S/C18H15ClN4O4/c1-11-15(18(24)22(21-11)13-5-3-12(19)4-6-13)10-20-16-8-7-14(23(25)26)9-17(16)27-2/h3-10,21H,1-2H3. The van der Waals surface area contributed by atoms with Crippen LogP contribution in [0.2, 0.25) is 5.02 Å². The van der Waals surface area contributed by atoms with Crippen LogP contribution in [-0.4, -0.2) is 28.0 Å². The molecule has 1 aromatic heterocycles. The van der Waals surface area contributed by atoms with Gasteiger partial charge in [0.25, 0.3) is 11.2 Å². The number of ether oxygens (including phenoxy) is 1. The van der Waals surface area contributed by atoms with Gasteiger partial charge in [-0.25, -0.2) is 4.68 Å². The Morgan fingerprint density at radius 1 is 1.26 bits per heavy atom. The monoisotopic (exact) mass is 386 g/mol. The molecule has 3 rings (SSSR count). The topological polar surface area (TPSA) is 103 Å². The van der Waals surface area contributed by atoms with E-state index in [-0.39, 0.29) is 17.0 Å². The minimum atomic E-state index is -0.517. The lowest BCUT2D eigenvalue weighted by Gasteiger charge is -2.03. The fourth-order valence-electron chi connectivity index (χ4n) is 2.50. The Morgan fingerprint density at radius 2 is 1.96 bits per heavy atom. The van der Waals surface area contributed by atoms with Gasteiger partial charge < -0.3 is 4.74 Å². The Kier molecular flexibility index (Phi) is 5.09. The van der Waals surface area contributed by atoms with E-state index in [4.69, 9.17) is 16.3 Å². The van der Waals surface area contributed by atoms with E-state index in [1.54, 1.807) is 31.2 Å². The molecule has 0 radical (unpaired) electrons. The molecule has 27 heavy (non-hydrogen) atoms. The Balaban J connectivity index is 1.98. The van der Waals surface area contributed by atoms with Gasteiger partial charge in [0, 0.05) is 23.0 Å². The normalized spacial score (nSPS) is 11.1. The number of halogens is 1. The van der Waals surface area contributed by atoms with Crippen LogP contribution in [0.3, 0.4) is 0 Å². The average molecular weight is 387 g/mol. The second-order valence-electron chi connectivity index (χ2n) is 5.64. The van der Waals surface area contributed by atoms with Crippen molar-refractivity contribution in [3.05, 3.63) is 79.2 Å². The number of H-pyrrole nitrogens is 1. The summed E-state index contributed by atoms with van der Waals surface area (Å²) in [6, 6.07) is 10.9. The van der Waals surface area contributed by atoms with Crippen LogP contribution in [0.1, 0.15) is 11.3 Å². The van der Waals surface area contributed by atoms with E-state index in [2.05, 4.69) is 10.1 Å². The minimum absolute atomic E-state index is 0.103. The van der Waals surface area contributed by atoms with Gasteiger partial charge in [-0.05, 0) is 37.3 Å². The van der Waals surface area contributed by atoms with Crippen molar-refractivity contribution in [1.82, 2.24) is 9.78 Å². The molecule has 0 aliphatic carbocycles. The van der Waals surface area contributed by atoms with Crippen molar-refractivity contribution in [2.24, 2.45) is 4.99 Å². The van der Waals surface area contributed by atoms with E-state index in [0.717, 1.165) is 0 Å². The Labute approximate surface area is 158 Å². The van der Waals surface area contributed by atoms with Crippen LogP contribution in [0.15, 0.2) is 52.3 Å². The van der Waals surface area contributed by atoms with Crippen molar-refractivity contribution < 1.29 is 9.66 Å². The molecule has 0 amide bonds. The summed E-state index contributed by atoms with van der Waals surface area (Å²) in [7, 11) is 1.40. The molecule has 0 fully saturated rings. The number of non-ortho nitro benzene ring substituents is 1. The average Bonchev–Trinajstić information content (AvgIpc) is 2.94. The van der Waals surface area contributed by atoms with Gasteiger partial charge in [0.15, 0.2) is 5.75 Å². The number of nitrogens with one attached hydrogen (secondary N) is 1. The van der Waals surface area contributed by atoms with Gasteiger partial charge in [0.2, 0.25) is 0 Å². The predicted octanol–water partition coefficient (Wildman–Crippen LogP) is 3.79. The summed E-state index contributed by atoms with van der Waals surface area (Å²) in [5, 5.41) is 14.4. The number of hydrogen-bond acceptors (Lipinski definition) is 5. The molecule has 8 nitrogen and oxygen atoms in total. The number of nitro benzene ring substituents is 1. The number of aromatic amines is 1. The highest BCUT2D eigenvalue weighted by atomic mass is 35.5. The molecule has 0 spiro atoms. The highest BCUT2D eigenvalue weighted by Gasteiger charge is 2.13. The van der Waals surface area contributed by atoms with Crippen LogP contribution in [0.5, 0.6) is 5.75 Å². The van der Waals surface area contributed by atoms with Gasteiger partial charge in [-0.2, -0.15) is 0 Å². The van der Waals surface area contributed by atoms with E-state index in [1.807, 2.05) is 0 Å². The number of aliphatic imine (C=N–C) groups is 1. The largest absolute Gasteiger partial charge is 0.494 e. The number of nitrogens with zero attached hydrogens (tertiary/aromatic N) is 3. The molecular formula is C18H15ClN4O4. The highest BCUT2D eigenvalue weighted by Crippen LogP contribution is 2.31. The molecule has 9 heteroatoms. The molecule has 0 saturated carbocycles. The number of rotatable bonds is 5. The Hall–Kier alpha value is -3.39. The van der Waals surface area contributed by atoms with E-state index in [1.165, 1.54) is 36.2 Å². The van der Waals surface area contributed by atoms with Crippen molar-refractivity contribution in [3.63, 3.8) is 0 Å². The van der Waals surface area contributed by atoms with E-state index in [0.29, 0.717) is 27.7 Å². The van der Waals surface area contributed by atoms with Crippen molar-refractivity contribution in [2.75, 3.05) is 7.11 Å². The third kappa shape index (κ3) is 3.75. The number of hydrogen-bond donors (Lipinski definition) is 1. The number of aryl methyl sites for hydroxylation is 1. The zero-order valence-corrected chi connectivity index (χ0v) is 15.2. The van der Waals surface area contributed by atoms with Crippen molar-refractivity contribution in [2.45, 2.75) is 6.92 Å². The molecule has 138 valence electrons. The smallest absolute Gasteiger partial charge is 0.280 e. The third-order valence-electron chi connectivity index (χ3n) is 3.91. The van der Waals surface area contributed by atoms with Crippen LogP contribution in [0, 0.1) is 17.0 Å².